The van der Waals surface area contributed by atoms with Crippen LogP contribution in [-0.2, 0) is 20.8 Å². The third-order valence-corrected chi connectivity index (χ3v) is 4.70. The normalized spacial score (nSPS) is 19.7. The number of carbonyl (C=O) groups excluding carboxylic acids is 3. The zero-order valence-corrected chi connectivity index (χ0v) is 15.5. The molecule has 2 fully saturated rings. The highest BCUT2D eigenvalue weighted by Crippen LogP contribution is 2.22. The van der Waals surface area contributed by atoms with Gasteiger partial charge < -0.3 is 15.5 Å². The van der Waals surface area contributed by atoms with Gasteiger partial charge in [-0.05, 0) is 36.5 Å². The highest BCUT2D eigenvalue weighted by molar-refractivity contribution is 5.97. The average Bonchev–Trinajstić information content (AvgIpc) is 3.31. The standard InChI is InChI=1S/C20H27N3O3/c1-13(2)11-23-12-15(10-19(23)25)20(26)22-17-5-3-14(4-6-17)9-18(24)21-16-7-8-16/h3-6,13,15-16H,7-12H2,1-2H3,(H,21,24)(H,22,26). The summed E-state index contributed by atoms with van der Waals surface area (Å²) in [5, 5.41) is 5.85. The molecule has 6 nitrogen and oxygen atoms in total. The van der Waals surface area contributed by atoms with Crippen LogP contribution in [-0.4, -0.2) is 41.8 Å². The highest BCUT2D eigenvalue weighted by Gasteiger charge is 2.34. The van der Waals surface area contributed by atoms with E-state index in [9.17, 15) is 14.4 Å². The van der Waals surface area contributed by atoms with Crippen molar-refractivity contribution in [1.29, 1.82) is 0 Å². The molecule has 6 heteroatoms. The van der Waals surface area contributed by atoms with Gasteiger partial charge in [0.05, 0.1) is 12.3 Å². The molecule has 1 saturated carbocycles. The number of nitrogens with one attached hydrogen (secondary N) is 2. The van der Waals surface area contributed by atoms with Crippen molar-refractivity contribution < 1.29 is 14.4 Å². The molecule has 0 spiro atoms. The zero-order valence-electron chi connectivity index (χ0n) is 15.5. The smallest absolute Gasteiger partial charge is 0.229 e. The van der Waals surface area contributed by atoms with E-state index in [1.54, 1.807) is 17.0 Å². The summed E-state index contributed by atoms with van der Waals surface area (Å²) < 4.78 is 0. The van der Waals surface area contributed by atoms with Gasteiger partial charge in [0.25, 0.3) is 0 Å². The molecule has 1 aliphatic carbocycles. The number of rotatable bonds is 7. The summed E-state index contributed by atoms with van der Waals surface area (Å²) in [6.45, 7) is 5.31. The Morgan fingerprint density at radius 1 is 1.19 bits per heavy atom. The van der Waals surface area contributed by atoms with Crippen LogP contribution in [0, 0.1) is 11.8 Å². The maximum Gasteiger partial charge on any atom is 0.229 e. The van der Waals surface area contributed by atoms with E-state index in [0.717, 1.165) is 18.4 Å². The van der Waals surface area contributed by atoms with E-state index in [-0.39, 0.29) is 30.1 Å². The molecule has 3 rings (SSSR count). The molecule has 3 amide bonds. The van der Waals surface area contributed by atoms with Gasteiger partial charge in [-0.3, -0.25) is 14.4 Å². The fourth-order valence-corrected chi connectivity index (χ4v) is 3.21. The number of carbonyl (C=O) groups is 3. The van der Waals surface area contributed by atoms with Gasteiger partial charge in [0.2, 0.25) is 17.7 Å². The van der Waals surface area contributed by atoms with Crippen LogP contribution in [0.3, 0.4) is 0 Å². The van der Waals surface area contributed by atoms with Crippen molar-refractivity contribution in [3.63, 3.8) is 0 Å². The van der Waals surface area contributed by atoms with Crippen molar-refractivity contribution in [1.82, 2.24) is 10.2 Å². The lowest BCUT2D eigenvalue weighted by Gasteiger charge is -2.18. The topological polar surface area (TPSA) is 78.5 Å². The van der Waals surface area contributed by atoms with Crippen LogP contribution in [0.4, 0.5) is 5.69 Å². The summed E-state index contributed by atoms with van der Waals surface area (Å²) in [6, 6.07) is 7.69. The Labute approximate surface area is 154 Å². The molecule has 1 unspecified atom stereocenters. The van der Waals surface area contributed by atoms with Crippen LogP contribution in [0.25, 0.3) is 0 Å². The van der Waals surface area contributed by atoms with Gasteiger partial charge in [-0.25, -0.2) is 0 Å². The minimum atomic E-state index is -0.301. The molecule has 1 aromatic carbocycles. The molecular weight excluding hydrogens is 330 g/mol. The average molecular weight is 357 g/mol. The zero-order chi connectivity index (χ0) is 18.7. The fraction of sp³-hybridized carbons (Fsp3) is 0.550. The van der Waals surface area contributed by atoms with Gasteiger partial charge in [-0.1, -0.05) is 26.0 Å². The molecule has 2 aliphatic rings. The first-order valence-corrected chi connectivity index (χ1v) is 9.37. The van der Waals surface area contributed by atoms with Crippen LogP contribution in [0.5, 0.6) is 0 Å². The van der Waals surface area contributed by atoms with Crippen molar-refractivity contribution in [2.75, 3.05) is 18.4 Å². The second-order valence-electron chi connectivity index (χ2n) is 7.80. The van der Waals surface area contributed by atoms with E-state index >= 15 is 0 Å². The first kappa shape index (κ1) is 18.4. The molecule has 1 heterocycles. The molecule has 1 saturated heterocycles. The summed E-state index contributed by atoms with van der Waals surface area (Å²) in [6.07, 6.45) is 2.79. The van der Waals surface area contributed by atoms with E-state index in [1.165, 1.54) is 0 Å². The van der Waals surface area contributed by atoms with E-state index in [0.29, 0.717) is 37.2 Å². The number of nitrogens with zero attached hydrogens (tertiary/aromatic N) is 1. The van der Waals surface area contributed by atoms with Gasteiger partial charge in [0.15, 0.2) is 0 Å². The molecule has 1 aromatic rings. The highest BCUT2D eigenvalue weighted by atomic mass is 16.2. The molecule has 0 bridgehead atoms. The van der Waals surface area contributed by atoms with Crippen molar-refractivity contribution in [2.45, 2.75) is 45.6 Å². The maximum absolute atomic E-state index is 12.4. The Kier molecular flexibility index (Phi) is 5.59. The molecule has 0 radical (unpaired) electrons. The Morgan fingerprint density at radius 2 is 1.88 bits per heavy atom. The van der Waals surface area contributed by atoms with Crippen LogP contribution < -0.4 is 10.6 Å². The largest absolute Gasteiger partial charge is 0.353 e. The molecule has 1 atom stereocenters. The third kappa shape index (κ3) is 5.07. The number of hydrogen-bond donors (Lipinski definition) is 2. The molecule has 1 aliphatic heterocycles. The lowest BCUT2D eigenvalue weighted by Crippen LogP contribution is -2.31. The van der Waals surface area contributed by atoms with E-state index in [1.807, 2.05) is 12.1 Å². The minimum absolute atomic E-state index is 0.0407. The molecule has 2 N–H and O–H groups in total. The van der Waals surface area contributed by atoms with Crippen molar-refractivity contribution in [2.24, 2.45) is 11.8 Å². The van der Waals surface area contributed by atoms with Crippen molar-refractivity contribution >= 4 is 23.4 Å². The Morgan fingerprint density at radius 3 is 2.50 bits per heavy atom. The van der Waals surface area contributed by atoms with Gasteiger partial charge in [0.1, 0.15) is 0 Å². The second-order valence-corrected chi connectivity index (χ2v) is 7.80. The number of hydrogen-bond acceptors (Lipinski definition) is 3. The van der Waals surface area contributed by atoms with E-state index in [2.05, 4.69) is 24.5 Å². The summed E-state index contributed by atoms with van der Waals surface area (Å²) in [7, 11) is 0. The van der Waals surface area contributed by atoms with E-state index in [4.69, 9.17) is 0 Å². The van der Waals surface area contributed by atoms with Gasteiger partial charge in [-0.2, -0.15) is 0 Å². The summed E-state index contributed by atoms with van der Waals surface area (Å²) in [5.41, 5.74) is 1.61. The Hall–Kier alpha value is -2.37. The number of benzene rings is 1. The van der Waals surface area contributed by atoms with Crippen LogP contribution in [0.15, 0.2) is 24.3 Å². The van der Waals surface area contributed by atoms with Gasteiger partial charge >= 0.3 is 0 Å². The lowest BCUT2D eigenvalue weighted by molar-refractivity contribution is -0.128. The molecular formula is C20H27N3O3. The quantitative estimate of drug-likeness (QED) is 0.783. The van der Waals surface area contributed by atoms with Crippen LogP contribution in [0.1, 0.15) is 38.7 Å². The molecule has 140 valence electrons. The monoisotopic (exact) mass is 357 g/mol. The summed E-state index contributed by atoms with van der Waals surface area (Å²) >= 11 is 0. The van der Waals surface area contributed by atoms with E-state index < -0.39 is 0 Å². The van der Waals surface area contributed by atoms with Crippen LogP contribution in [0.2, 0.25) is 0 Å². The number of likely N-dealkylation sites (tertiary alicyclic amines) is 1. The number of amides is 3. The first-order chi connectivity index (χ1) is 12.4. The fourth-order valence-electron chi connectivity index (χ4n) is 3.21. The third-order valence-electron chi connectivity index (χ3n) is 4.70. The van der Waals surface area contributed by atoms with Gasteiger partial charge in [0, 0.05) is 31.2 Å². The number of anilines is 1. The molecule has 26 heavy (non-hydrogen) atoms. The SMILES string of the molecule is CC(C)CN1CC(C(=O)Nc2ccc(CC(=O)NC3CC3)cc2)CC1=O. The second kappa shape index (κ2) is 7.89. The van der Waals surface area contributed by atoms with Crippen LogP contribution >= 0.6 is 0 Å². The molecule has 0 aromatic heterocycles. The maximum atomic E-state index is 12.4. The Bertz CT molecular complexity index is 680. The minimum Gasteiger partial charge on any atom is -0.353 e. The predicted molar refractivity (Wildman–Crippen MR) is 99.5 cm³/mol. The summed E-state index contributed by atoms with van der Waals surface area (Å²) in [5.74, 6) is 0.0642. The lowest BCUT2D eigenvalue weighted by atomic mass is 10.1. The Balaban J connectivity index is 1.49. The summed E-state index contributed by atoms with van der Waals surface area (Å²) in [4.78, 5) is 38.0. The first-order valence-electron chi connectivity index (χ1n) is 9.37. The van der Waals surface area contributed by atoms with Crippen molar-refractivity contribution in [3.05, 3.63) is 29.8 Å². The van der Waals surface area contributed by atoms with Crippen molar-refractivity contribution in [3.8, 4) is 0 Å². The predicted octanol–water partition coefficient (Wildman–Crippen LogP) is 1.95. The van der Waals surface area contributed by atoms with Gasteiger partial charge in [-0.15, -0.1) is 0 Å².